The van der Waals surface area contributed by atoms with E-state index >= 15 is 0 Å². The van der Waals surface area contributed by atoms with Gasteiger partial charge in [0.15, 0.2) is 5.60 Å². The smallest absolute Gasteiger partial charge is 0.376 e. The van der Waals surface area contributed by atoms with Crippen molar-refractivity contribution in [2.75, 3.05) is 13.3 Å². The van der Waals surface area contributed by atoms with E-state index in [1.807, 2.05) is 4.98 Å². The molecule has 0 fully saturated rings. The minimum absolute atomic E-state index is 0.721. The van der Waals surface area contributed by atoms with Crippen molar-refractivity contribution >= 4 is 23.5 Å². The van der Waals surface area contributed by atoms with Crippen molar-refractivity contribution in [2.24, 2.45) is 5.73 Å². The van der Waals surface area contributed by atoms with Gasteiger partial charge in [0, 0.05) is 12.3 Å². The highest BCUT2D eigenvalue weighted by Gasteiger charge is 2.46. The number of aromatic nitrogens is 2. The summed E-state index contributed by atoms with van der Waals surface area (Å²) in [6.07, 6.45) is -2.78. The van der Waals surface area contributed by atoms with Gasteiger partial charge in [-0.15, -0.1) is 0 Å². The number of nitrogens with two attached hydrogens (primary N) is 1. The summed E-state index contributed by atoms with van der Waals surface area (Å²) >= 11 is 0. The Morgan fingerprint density at radius 3 is 2.23 bits per heavy atom. The monoisotopic (exact) mass is 517 g/mol. The number of aliphatic hydroxyl groups is 1. The maximum atomic E-state index is 13.7. The third-order valence-electron chi connectivity index (χ3n) is 3.30. The van der Waals surface area contributed by atoms with Gasteiger partial charge in [-0.05, 0) is 6.92 Å². The quantitative estimate of drug-likeness (QED) is 0.121. The van der Waals surface area contributed by atoms with Crippen molar-refractivity contribution in [3.05, 3.63) is 33.1 Å². The lowest BCUT2D eigenvalue weighted by Gasteiger charge is -2.36. The molecule has 0 aromatic carbocycles. The van der Waals surface area contributed by atoms with Crippen LogP contribution in [0.25, 0.3) is 0 Å². The van der Waals surface area contributed by atoms with Crippen LogP contribution in [0.2, 0.25) is 0 Å². The van der Waals surface area contributed by atoms with Crippen molar-refractivity contribution in [3.63, 3.8) is 0 Å². The number of H-pyrrole nitrogens is 1. The number of phosphoric ester groups is 1. The van der Waals surface area contributed by atoms with Crippen molar-refractivity contribution in [1.29, 1.82) is 0 Å². The third-order valence-corrected chi connectivity index (χ3v) is 7.08. The molecule has 0 radical (unpaired) electrons. The summed E-state index contributed by atoms with van der Waals surface area (Å²) in [6.45, 7) is -2.01. The fourth-order valence-electron chi connectivity index (χ4n) is 1.94. The van der Waals surface area contributed by atoms with Gasteiger partial charge in [-0.2, -0.15) is 8.62 Å². The van der Waals surface area contributed by atoms with Crippen LogP contribution in [-0.2, 0) is 31.6 Å². The molecule has 0 aliphatic carbocycles. The number of alkyl halides is 1. The molecule has 1 aromatic rings. The summed E-state index contributed by atoms with van der Waals surface area (Å²) in [6, 6.07) is 0.906. The Morgan fingerprint density at radius 2 is 1.77 bits per heavy atom. The number of aromatic amines is 1. The number of aliphatic hydroxyl groups excluding tert-OH is 1. The lowest BCUT2D eigenvalue weighted by atomic mass is 10.1. The fourth-order valence-corrected chi connectivity index (χ4v) is 5.02. The maximum Gasteiger partial charge on any atom is 0.490 e. The first kappa shape index (κ1) is 27.9. The van der Waals surface area contributed by atoms with Crippen LogP contribution in [0.5, 0.6) is 0 Å². The van der Waals surface area contributed by atoms with E-state index in [9.17, 15) is 37.7 Å². The molecule has 8 N–H and O–H groups in total. The summed E-state index contributed by atoms with van der Waals surface area (Å²) in [5.74, 6) is 0. The highest BCUT2D eigenvalue weighted by atomic mass is 31.3. The first-order chi connectivity index (χ1) is 13.9. The topological polar surface area (TPSA) is 270 Å². The van der Waals surface area contributed by atoms with Crippen LogP contribution >= 0.6 is 23.5 Å². The fraction of sp³-hybridized carbons (Fsp3) is 0.600. The number of ether oxygens (including phenoxy) is 1. The van der Waals surface area contributed by atoms with Crippen LogP contribution in [0.4, 0.5) is 4.39 Å². The number of nitrogens with zero attached hydrogens (tertiary/aromatic N) is 1. The van der Waals surface area contributed by atoms with Crippen molar-refractivity contribution in [3.8, 4) is 0 Å². The molecule has 1 aromatic heterocycles. The Balaban J connectivity index is 3.05. The Hall–Kier alpha value is -1.10. The van der Waals surface area contributed by atoms with Crippen LogP contribution in [0.15, 0.2) is 21.9 Å². The molecule has 1 heterocycles. The van der Waals surface area contributed by atoms with Crippen LogP contribution in [0.3, 0.4) is 0 Å². The summed E-state index contributed by atoms with van der Waals surface area (Å²) in [5.41, 5.74) is 0.791. The van der Waals surface area contributed by atoms with Gasteiger partial charge in [-0.25, -0.2) is 22.9 Å². The zero-order valence-electron chi connectivity index (χ0n) is 15.4. The van der Waals surface area contributed by atoms with E-state index in [-0.39, 0.29) is 0 Å². The minimum atomic E-state index is -5.85. The lowest BCUT2D eigenvalue weighted by molar-refractivity contribution is -0.196. The second-order valence-corrected chi connectivity index (χ2v) is 10.2. The van der Waals surface area contributed by atoms with E-state index in [0.29, 0.717) is 0 Å². The number of hydrogen-bond donors (Lipinski definition) is 7. The van der Waals surface area contributed by atoms with E-state index in [2.05, 4.69) is 13.1 Å². The maximum absolute atomic E-state index is 13.7. The van der Waals surface area contributed by atoms with Crippen LogP contribution in [0, 0.1) is 0 Å². The van der Waals surface area contributed by atoms with E-state index < -0.39 is 66.1 Å². The van der Waals surface area contributed by atoms with E-state index in [1.54, 1.807) is 0 Å². The van der Waals surface area contributed by atoms with Gasteiger partial charge in [-0.3, -0.25) is 18.9 Å². The molecule has 0 aliphatic heterocycles. The SMILES string of the molecule is C[C@@H](O[C@](CF)(COP(=O)(O)OP(=O)(O)OP(=O)(O)O)[C@H](N)O)n1ccc(=O)[nH]c1=O. The molecule has 17 nitrogen and oxygen atoms in total. The molecule has 21 heteroatoms. The second-order valence-electron chi connectivity index (χ2n) is 5.74. The molecular formula is C10H19FN3O14P3. The first-order valence-electron chi connectivity index (χ1n) is 7.69. The molecule has 1 rings (SSSR count). The summed E-state index contributed by atoms with van der Waals surface area (Å²) in [5, 5.41) is 9.70. The molecular weight excluding hydrogens is 498 g/mol. The molecule has 0 saturated carbocycles. The zero-order valence-corrected chi connectivity index (χ0v) is 18.1. The first-order valence-corrected chi connectivity index (χ1v) is 12.2. The summed E-state index contributed by atoms with van der Waals surface area (Å²) in [4.78, 5) is 60.2. The number of halogens is 1. The highest BCUT2D eigenvalue weighted by Crippen LogP contribution is 2.66. The molecule has 31 heavy (non-hydrogen) atoms. The Labute approximate surface area is 171 Å². The zero-order chi connectivity index (χ0) is 24.3. The molecule has 0 amide bonds. The second kappa shape index (κ2) is 10.2. The van der Waals surface area contributed by atoms with Crippen molar-refractivity contribution in [1.82, 2.24) is 9.55 Å². The average molecular weight is 517 g/mol. The molecule has 0 bridgehead atoms. The van der Waals surface area contributed by atoms with Crippen LogP contribution < -0.4 is 17.0 Å². The Kier molecular flexibility index (Phi) is 9.22. The van der Waals surface area contributed by atoms with Crippen molar-refractivity contribution in [2.45, 2.75) is 25.0 Å². The molecule has 0 aliphatic rings. The summed E-state index contributed by atoms with van der Waals surface area (Å²) < 4.78 is 64.5. The van der Waals surface area contributed by atoms with Gasteiger partial charge in [0.05, 0.1) is 6.61 Å². The predicted octanol–water partition coefficient (Wildman–Crippen LogP) is -1.60. The van der Waals surface area contributed by atoms with E-state index in [1.165, 1.54) is 0 Å². The normalized spacial score (nSPS) is 20.3. The molecule has 5 atom stereocenters. The molecule has 0 spiro atoms. The standard InChI is InChI=1S/C10H19FN3O14P3/c1-6(14-3-2-7(15)13-9(14)17)26-10(4-11,8(12)16)5-25-30(21,22)28-31(23,24)27-29(18,19)20/h2-3,6,8,16H,4-5,12H2,1H3,(H,21,22)(H,23,24)(H,13,15,17)(H2,18,19,20)/t6-,8-,10-/m1/s1. The van der Waals surface area contributed by atoms with E-state index in [0.717, 1.165) is 23.8 Å². The van der Waals surface area contributed by atoms with Crippen molar-refractivity contribution < 1.29 is 60.6 Å². The lowest BCUT2D eigenvalue weighted by Crippen LogP contribution is -2.56. The van der Waals surface area contributed by atoms with Gasteiger partial charge < -0.3 is 35.2 Å². The Morgan fingerprint density at radius 1 is 1.19 bits per heavy atom. The molecule has 2 unspecified atom stereocenters. The van der Waals surface area contributed by atoms with Crippen LogP contribution in [-0.4, -0.2) is 59.3 Å². The largest absolute Gasteiger partial charge is 0.490 e. The van der Waals surface area contributed by atoms with E-state index in [4.69, 9.17) is 25.2 Å². The summed E-state index contributed by atoms with van der Waals surface area (Å²) in [7, 11) is -17.2. The van der Waals surface area contributed by atoms with Gasteiger partial charge in [0.2, 0.25) is 0 Å². The van der Waals surface area contributed by atoms with Crippen LogP contribution in [0.1, 0.15) is 13.2 Å². The molecule has 180 valence electrons. The number of nitrogens with one attached hydrogen (secondary N) is 1. The van der Waals surface area contributed by atoms with Gasteiger partial charge in [0.25, 0.3) is 5.56 Å². The van der Waals surface area contributed by atoms with Gasteiger partial charge >= 0.3 is 29.2 Å². The highest BCUT2D eigenvalue weighted by molar-refractivity contribution is 7.66. The number of rotatable bonds is 12. The predicted molar refractivity (Wildman–Crippen MR) is 95.8 cm³/mol. The average Bonchev–Trinajstić information content (AvgIpc) is 2.54. The number of phosphoric acid groups is 3. The van der Waals surface area contributed by atoms with Gasteiger partial charge in [0.1, 0.15) is 19.1 Å². The Bertz CT molecular complexity index is 1020. The molecule has 0 saturated heterocycles. The number of hydrogen-bond acceptors (Lipinski definition) is 11. The van der Waals surface area contributed by atoms with Gasteiger partial charge in [-0.1, -0.05) is 0 Å². The minimum Gasteiger partial charge on any atom is -0.376 e. The third kappa shape index (κ3) is 8.75.